The molecule has 2 saturated heterocycles. The lowest BCUT2D eigenvalue weighted by Gasteiger charge is -2.35. The first-order chi connectivity index (χ1) is 12.5. The zero-order valence-electron chi connectivity index (χ0n) is 15.9. The summed E-state index contributed by atoms with van der Waals surface area (Å²) in [6.45, 7) is 6.77. The van der Waals surface area contributed by atoms with Crippen LogP contribution >= 0.6 is 0 Å². The number of carbonyl (C=O) groups is 2. The number of aliphatic hydroxyl groups excluding tert-OH is 1. The smallest absolute Gasteiger partial charge is 0.227 e. The molecule has 2 aliphatic rings. The number of likely N-dealkylation sites (tertiary alicyclic amines) is 2. The summed E-state index contributed by atoms with van der Waals surface area (Å²) in [5, 5.41) is 9.83. The fourth-order valence-corrected chi connectivity index (χ4v) is 4.58. The highest BCUT2D eigenvalue weighted by Gasteiger charge is 2.40. The second kappa shape index (κ2) is 8.21. The largest absolute Gasteiger partial charge is 0.396 e. The van der Waals surface area contributed by atoms with Crippen molar-refractivity contribution in [2.75, 3.05) is 32.8 Å². The number of hydrogen-bond donors (Lipinski definition) is 1. The van der Waals surface area contributed by atoms with Crippen molar-refractivity contribution in [1.82, 2.24) is 9.80 Å². The summed E-state index contributed by atoms with van der Waals surface area (Å²) in [6, 6.07) is 8.09. The molecule has 0 aromatic heterocycles. The maximum Gasteiger partial charge on any atom is 0.227 e. The Morgan fingerprint density at radius 2 is 1.88 bits per heavy atom. The van der Waals surface area contributed by atoms with Crippen LogP contribution in [0.4, 0.5) is 0 Å². The van der Waals surface area contributed by atoms with Gasteiger partial charge >= 0.3 is 0 Å². The highest BCUT2D eigenvalue weighted by Crippen LogP contribution is 2.35. The lowest BCUT2D eigenvalue weighted by atomic mass is 9.79. The molecule has 2 fully saturated rings. The zero-order chi connectivity index (χ0) is 18.7. The van der Waals surface area contributed by atoms with Crippen LogP contribution in [0.2, 0.25) is 0 Å². The summed E-state index contributed by atoms with van der Waals surface area (Å²) >= 11 is 0. The van der Waals surface area contributed by atoms with Crippen LogP contribution < -0.4 is 0 Å². The third-order valence-electron chi connectivity index (χ3n) is 6.11. The molecule has 0 spiro atoms. The van der Waals surface area contributed by atoms with Crippen LogP contribution in [-0.2, 0) is 16.0 Å². The Balaban J connectivity index is 1.60. The molecule has 2 heterocycles. The van der Waals surface area contributed by atoms with E-state index >= 15 is 0 Å². The van der Waals surface area contributed by atoms with E-state index in [9.17, 15) is 14.7 Å². The Kier molecular flexibility index (Phi) is 5.97. The van der Waals surface area contributed by atoms with Crippen molar-refractivity contribution < 1.29 is 14.7 Å². The number of carbonyl (C=O) groups excluding carboxylic acids is 2. The number of aryl methyl sites for hydroxylation is 1. The second-order valence-corrected chi connectivity index (χ2v) is 7.91. The Labute approximate surface area is 156 Å². The van der Waals surface area contributed by atoms with Gasteiger partial charge in [0.25, 0.3) is 0 Å². The van der Waals surface area contributed by atoms with Crippen molar-refractivity contribution in [2.45, 2.75) is 33.1 Å². The molecule has 0 bridgehead atoms. The fraction of sp³-hybridized carbons (Fsp3) is 0.619. The molecule has 142 valence electrons. The minimum absolute atomic E-state index is 0.131. The maximum atomic E-state index is 12.7. The van der Waals surface area contributed by atoms with Crippen LogP contribution in [0.1, 0.15) is 30.9 Å². The van der Waals surface area contributed by atoms with E-state index in [1.807, 2.05) is 34.9 Å². The second-order valence-electron chi connectivity index (χ2n) is 7.91. The summed E-state index contributed by atoms with van der Waals surface area (Å²) in [4.78, 5) is 28.1. The van der Waals surface area contributed by atoms with Gasteiger partial charge in [0.1, 0.15) is 0 Å². The average molecular weight is 358 g/mol. The summed E-state index contributed by atoms with van der Waals surface area (Å²) in [5.74, 6) is 1.28. The van der Waals surface area contributed by atoms with Crippen LogP contribution in [0, 0.1) is 24.7 Å². The molecule has 5 nitrogen and oxygen atoms in total. The first-order valence-electron chi connectivity index (χ1n) is 9.67. The predicted molar refractivity (Wildman–Crippen MR) is 101 cm³/mol. The van der Waals surface area contributed by atoms with Crippen LogP contribution in [0.15, 0.2) is 24.3 Å². The van der Waals surface area contributed by atoms with Gasteiger partial charge in [0, 0.05) is 45.6 Å². The van der Waals surface area contributed by atoms with E-state index in [1.165, 1.54) is 5.56 Å². The van der Waals surface area contributed by atoms with Gasteiger partial charge in [0.15, 0.2) is 0 Å². The summed E-state index contributed by atoms with van der Waals surface area (Å²) in [5.41, 5.74) is 2.22. The molecule has 3 rings (SSSR count). The number of nitrogens with zero attached hydrogens (tertiary/aromatic N) is 2. The number of piperidine rings is 1. The van der Waals surface area contributed by atoms with Crippen LogP contribution in [0.25, 0.3) is 0 Å². The van der Waals surface area contributed by atoms with Crippen molar-refractivity contribution in [2.24, 2.45) is 17.8 Å². The minimum atomic E-state index is 0.131. The normalized spacial score (nSPS) is 24.1. The molecule has 26 heavy (non-hydrogen) atoms. The van der Waals surface area contributed by atoms with Crippen molar-refractivity contribution in [1.29, 1.82) is 0 Å². The van der Waals surface area contributed by atoms with Gasteiger partial charge in [-0.1, -0.05) is 29.8 Å². The molecule has 0 aliphatic carbocycles. The monoisotopic (exact) mass is 358 g/mol. The standard InChI is InChI=1S/C21H30N2O3/c1-15-4-3-5-17(10-15)11-21(26)23-12-19(14-24)20(13-23)18-6-8-22(9-7-18)16(2)25/h3-5,10,18-20,24H,6-9,11-14H2,1-2H3/t19-,20-/m0/s1. The van der Waals surface area contributed by atoms with Gasteiger partial charge in [0.2, 0.25) is 11.8 Å². The molecular weight excluding hydrogens is 328 g/mol. The molecule has 0 saturated carbocycles. The fourth-order valence-electron chi connectivity index (χ4n) is 4.58. The van der Waals surface area contributed by atoms with E-state index in [1.54, 1.807) is 6.92 Å². The first-order valence-corrected chi connectivity index (χ1v) is 9.67. The van der Waals surface area contributed by atoms with Gasteiger partial charge in [-0.3, -0.25) is 9.59 Å². The topological polar surface area (TPSA) is 60.9 Å². The number of rotatable bonds is 4. The van der Waals surface area contributed by atoms with E-state index in [0.717, 1.165) is 38.0 Å². The molecule has 0 radical (unpaired) electrons. The zero-order valence-corrected chi connectivity index (χ0v) is 15.9. The molecule has 2 atom stereocenters. The predicted octanol–water partition coefficient (Wildman–Crippen LogP) is 1.86. The summed E-state index contributed by atoms with van der Waals surface area (Å²) in [7, 11) is 0. The number of amides is 2. The number of benzene rings is 1. The summed E-state index contributed by atoms with van der Waals surface area (Å²) in [6.07, 6.45) is 2.37. The van der Waals surface area contributed by atoms with E-state index in [0.29, 0.717) is 24.8 Å². The molecule has 0 unspecified atom stereocenters. The van der Waals surface area contributed by atoms with Gasteiger partial charge < -0.3 is 14.9 Å². The Morgan fingerprint density at radius 3 is 2.50 bits per heavy atom. The van der Waals surface area contributed by atoms with E-state index in [-0.39, 0.29) is 24.3 Å². The molecule has 1 N–H and O–H groups in total. The Bertz CT molecular complexity index is 652. The molecule has 2 amide bonds. The molecule has 1 aromatic carbocycles. The van der Waals surface area contributed by atoms with Gasteiger partial charge in [-0.25, -0.2) is 0 Å². The minimum Gasteiger partial charge on any atom is -0.396 e. The molecular formula is C21H30N2O3. The molecule has 1 aromatic rings. The third-order valence-corrected chi connectivity index (χ3v) is 6.11. The highest BCUT2D eigenvalue weighted by atomic mass is 16.3. The van der Waals surface area contributed by atoms with Gasteiger partial charge in [0.05, 0.1) is 6.42 Å². The SMILES string of the molecule is CC(=O)N1CCC([C@@H]2CN(C(=O)Cc3cccc(C)c3)C[C@H]2CO)CC1. The van der Waals surface area contributed by atoms with Gasteiger partial charge in [-0.05, 0) is 37.2 Å². The van der Waals surface area contributed by atoms with Crippen molar-refractivity contribution in [3.05, 3.63) is 35.4 Å². The first kappa shape index (κ1) is 18.9. The van der Waals surface area contributed by atoms with Crippen molar-refractivity contribution in [3.8, 4) is 0 Å². The van der Waals surface area contributed by atoms with Crippen molar-refractivity contribution >= 4 is 11.8 Å². The number of hydrogen-bond acceptors (Lipinski definition) is 3. The quantitative estimate of drug-likeness (QED) is 0.894. The van der Waals surface area contributed by atoms with Gasteiger partial charge in [-0.2, -0.15) is 0 Å². The maximum absolute atomic E-state index is 12.7. The van der Waals surface area contributed by atoms with Crippen LogP contribution in [-0.4, -0.2) is 59.5 Å². The summed E-state index contributed by atoms with van der Waals surface area (Å²) < 4.78 is 0. The average Bonchev–Trinajstić information content (AvgIpc) is 3.06. The lowest BCUT2D eigenvalue weighted by molar-refractivity contribution is -0.130. The lowest BCUT2D eigenvalue weighted by Crippen LogP contribution is -2.40. The Hall–Kier alpha value is -1.88. The Morgan fingerprint density at radius 1 is 1.15 bits per heavy atom. The molecule has 5 heteroatoms. The van der Waals surface area contributed by atoms with E-state index in [4.69, 9.17) is 0 Å². The van der Waals surface area contributed by atoms with Crippen molar-refractivity contribution in [3.63, 3.8) is 0 Å². The third kappa shape index (κ3) is 4.26. The van der Waals surface area contributed by atoms with Crippen LogP contribution in [0.5, 0.6) is 0 Å². The van der Waals surface area contributed by atoms with Gasteiger partial charge in [-0.15, -0.1) is 0 Å². The number of aliphatic hydroxyl groups is 1. The highest BCUT2D eigenvalue weighted by molar-refractivity contribution is 5.79. The van der Waals surface area contributed by atoms with E-state index in [2.05, 4.69) is 6.07 Å². The van der Waals surface area contributed by atoms with Crippen LogP contribution in [0.3, 0.4) is 0 Å². The molecule has 2 aliphatic heterocycles. The van der Waals surface area contributed by atoms with E-state index < -0.39 is 0 Å².